The van der Waals surface area contributed by atoms with E-state index in [1.165, 1.54) is 0 Å². The standard InChI is InChI=1S/C12H16N2O2/c1-16-12(9-13-6-7-14-12)11-4-2-10(8-15)3-5-11/h2-5,8,13-14H,6-7,9H2,1H3/t12-/m0/s1. The van der Waals surface area contributed by atoms with Gasteiger partial charge in [-0.05, 0) is 5.56 Å². The van der Waals surface area contributed by atoms with E-state index in [4.69, 9.17) is 4.74 Å². The summed E-state index contributed by atoms with van der Waals surface area (Å²) >= 11 is 0. The van der Waals surface area contributed by atoms with Crippen LogP contribution in [0.2, 0.25) is 0 Å². The average molecular weight is 220 g/mol. The SMILES string of the molecule is CO[C@]1(c2ccc(C=O)cc2)CNCCN1. The maximum Gasteiger partial charge on any atom is 0.157 e. The maximum atomic E-state index is 10.6. The monoisotopic (exact) mass is 220 g/mol. The van der Waals surface area contributed by atoms with Crippen molar-refractivity contribution in [2.45, 2.75) is 5.72 Å². The molecular formula is C12H16N2O2. The summed E-state index contributed by atoms with van der Waals surface area (Å²) in [7, 11) is 1.69. The summed E-state index contributed by atoms with van der Waals surface area (Å²) in [6, 6.07) is 7.46. The molecule has 0 aliphatic carbocycles. The molecule has 1 fully saturated rings. The van der Waals surface area contributed by atoms with Crippen molar-refractivity contribution in [2.75, 3.05) is 26.7 Å². The van der Waals surface area contributed by atoms with E-state index in [1.54, 1.807) is 19.2 Å². The van der Waals surface area contributed by atoms with Crippen LogP contribution in [0.25, 0.3) is 0 Å². The van der Waals surface area contributed by atoms with Gasteiger partial charge in [0.2, 0.25) is 0 Å². The third-order valence-electron chi connectivity index (χ3n) is 2.95. The molecule has 2 N–H and O–H groups in total. The molecule has 0 spiro atoms. The number of carbonyl (C=O) groups excluding carboxylic acids is 1. The minimum absolute atomic E-state index is 0.473. The van der Waals surface area contributed by atoms with Gasteiger partial charge >= 0.3 is 0 Å². The lowest BCUT2D eigenvalue weighted by molar-refractivity contribution is -0.0536. The largest absolute Gasteiger partial charge is 0.358 e. The Bertz CT molecular complexity index is 356. The number of aldehydes is 1. The van der Waals surface area contributed by atoms with Crippen molar-refractivity contribution in [1.82, 2.24) is 10.6 Å². The number of rotatable bonds is 3. The minimum Gasteiger partial charge on any atom is -0.358 e. The van der Waals surface area contributed by atoms with Gasteiger partial charge in [0.25, 0.3) is 0 Å². The summed E-state index contributed by atoms with van der Waals surface area (Å²) in [6.07, 6.45) is 0.843. The Labute approximate surface area is 95.0 Å². The van der Waals surface area contributed by atoms with Crippen LogP contribution in [0.3, 0.4) is 0 Å². The number of nitrogens with one attached hydrogen (secondary N) is 2. The predicted molar refractivity (Wildman–Crippen MR) is 61.4 cm³/mol. The van der Waals surface area contributed by atoms with Gasteiger partial charge in [0.1, 0.15) is 6.29 Å². The molecule has 1 aliphatic rings. The number of benzene rings is 1. The summed E-state index contributed by atoms with van der Waals surface area (Å²) in [6.45, 7) is 2.53. The van der Waals surface area contributed by atoms with Crippen LogP contribution in [-0.4, -0.2) is 33.0 Å². The second-order valence-electron chi connectivity index (χ2n) is 3.87. The smallest absolute Gasteiger partial charge is 0.157 e. The number of carbonyl (C=O) groups is 1. The lowest BCUT2D eigenvalue weighted by atomic mass is 9.99. The lowest BCUT2D eigenvalue weighted by Crippen LogP contribution is -2.57. The molecule has 0 bridgehead atoms. The molecule has 0 unspecified atom stereocenters. The van der Waals surface area contributed by atoms with Crippen LogP contribution in [0.5, 0.6) is 0 Å². The molecule has 1 atom stereocenters. The molecule has 1 aromatic carbocycles. The second kappa shape index (κ2) is 4.74. The second-order valence-corrected chi connectivity index (χ2v) is 3.87. The average Bonchev–Trinajstić information content (AvgIpc) is 2.39. The molecule has 1 aromatic rings. The van der Waals surface area contributed by atoms with Crippen molar-refractivity contribution >= 4 is 6.29 Å². The van der Waals surface area contributed by atoms with Crippen LogP contribution in [0.4, 0.5) is 0 Å². The van der Waals surface area contributed by atoms with Gasteiger partial charge < -0.3 is 10.1 Å². The Morgan fingerprint density at radius 3 is 2.56 bits per heavy atom. The molecule has 4 heteroatoms. The Balaban J connectivity index is 2.28. The van der Waals surface area contributed by atoms with Crippen LogP contribution in [0.1, 0.15) is 15.9 Å². The van der Waals surface area contributed by atoms with Crippen molar-refractivity contribution in [3.8, 4) is 0 Å². The maximum absolute atomic E-state index is 10.6. The van der Waals surface area contributed by atoms with Crippen molar-refractivity contribution < 1.29 is 9.53 Å². The molecule has 86 valence electrons. The fourth-order valence-electron chi connectivity index (χ4n) is 1.98. The van der Waals surface area contributed by atoms with E-state index in [-0.39, 0.29) is 0 Å². The van der Waals surface area contributed by atoms with E-state index in [0.717, 1.165) is 31.5 Å². The highest BCUT2D eigenvalue weighted by Gasteiger charge is 2.33. The van der Waals surface area contributed by atoms with Gasteiger partial charge in [-0.25, -0.2) is 0 Å². The molecule has 16 heavy (non-hydrogen) atoms. The van der Waals surface area contributed by atoms with Crippen LogP contribution in [0, 0.1) is 0 Å². The Kier molecular flexibility index (Phi) is 3.33. The first-order chi connectivity index (χ1) is 7.80. The van der Waals surface area contributed by atoms with Crippen LogP contribution in [0.15, 0.2) is 24.3 Å². The van der Waals surface area contributed by atoms with E-state index in [0.29, 0.717) is 5.56 Å². The fourth-order valence-corrected chi connectivity index (χ4v) is 1.98. The molecule has 2 rings (SSSR count). The van der Waals surface area contributed by atoms with Crippen LogP contribution in [-0.2, 0) is 10.5 Å². The Hall–Kier alpha value is -1.23. The van der Waals surface area contributed by atoms with Crippen LogP contribution < -0.4 is 10.6 Å². The summed E-state index contributed by atoms with van der Waals surface area (Å²) in [5.74, 6) is 0. The molecule has 0 radical (unpaired) electrons. The highest BCUT2D eigenvalue weighted by atomic mass is 16.5. The number of hydrogen-bond acceptors (Lipinski definition) is 4. The predicted octanol–water partition coefficient (Wildman–Crippen LogP) is 0.491. The van der Waals surface area contributed by atoms with E-state index < -0.39 is 5.72 Å². The number of hydrogen-bond donors (Lipinski definition) is 2. The van der Waals surface area contributed by atoms with Crippen molar-refractivity contribution in [1.29, 1.82) is 0 Å². The Morgan fingerprint density at radius 2 is 2.06 bits per heavy atom. The van der Waals surface area contributed by atoms with Gasteiger partial charge in [-0.3, -0.25) is 10.1 Å². The molecule has 1 aliphatic heterocycles. The topological polar surface area (TPSA) is 50.4 Å². The third kappa shape index (κ3) is 2.00. The van der Waals surface area contributed by atoms with Gasteiger partial charge in [0.05, 0.1) is 0 Å². The fraction of sp³-hybridized carbons (Fsp3) is 0.417. The van der Waals surface area contributed by atoms with Gasteiger partial charge in [0.15, 0.2) is 5.72 Å². The highest BCUT2D eigenvalue weighted by molar-refractivity contribution is 5.74. The molecule has 0 saturated carbocycles. The first-order valence-electron chi connectivity index (χ1n) is 5.37. The number of ether oxygens (including phenoxy) is 1. The normalized spacial score (nSPS) is 25.3. The minimum atomic E-state index is -0.473. The molecule has 1 saturated heterocycles. The number of piperazine rings is 1. The molecule has 4 nitrogen and oxygen atoms in total. The quantitative estimate of drug-likeness (QED) is 0.728. The van der Waals surface area contributed by atoms with Crippen molar-refractivity contribution in [2.24, 2.45) is 0 Å². The van der Waals surface area contributed by atoms with Crippen molar-refractivity contribution in [3.63, 3.8) is 0 Å². The number of methoxy groups -OCH3 is 1. The van der Waals surface area contributed by atoms with Gasteiger partial charge in [-0.2, -0.15) is 0 Å². The zero-order valence-corrected chi connectivity index (χ0v) is 9.32. The summed E-state index contributed by atoms with van der Waals surface area (Å²) in [4.78, 5) is 10.6. The highest BCUT2D eigenvalue weighted by Crippen LogP contribution is 2.22. The van der Waals surface area contributed by atoms with E-state index >= 15 is 0 Å². The zero-order valence-electron chi connectivity index (χ0n) is 9.32. The van der Waals surface area contributed by atoms with Crippen LogP contribution >= 0.6 is 0 Å². The molecule has 0 amide bonds. The first kappa shape index (κ1) is 11.3. The van der Waals surface area contributed by atoms with Crippen molar-refractivity contribution in [3.05, 3.63) is 35.4 Å². The lowest BCUT2D eigenvalue weighted by Gasteiger charge is -2.37. The first-order valence-corrected chi connectivity index (χ1v) is 5.37. The summed E-state index contributed by atoms with van der Waals surface area (Å²) in [5.41, 5.74) is 1.24. The Morgan fingerprint density at radius 1 is 1.31 bits per heavy atom. The summed E-state index contributed by atoms with van der Waals surface area (Å²) < 4.78 is 5.58. The summed E-state index contributed by atoms with van der Waals surface area (Å²) in [5, 5.41) is 6.66. The van der Waals surface area contributed by atoms with E-state index in [9.17, 15) is 4.79 Å². The van der Waals surface area contributed by atoms with Gasteiger partial charge in [0, 0.05) is 32.3 Å². The van der Waals surface area contributed by atoms with Gasteiger partial charge in [-0.15, -0.1) is 0 Å². The van der Waals surface area contributed by atoms with E-state index in [2.05, 4.69) is 10.6 Å². The molecule has 0 aromatic heterocycles. The molecular weight excluding hydrogens is 204 g/mol. The van der Waals surface area contributed by atoms with E-state index in [1.807, 2.05) is 12.1 Å². The third-order valence-corrected chi connectivity index (χ3v) is 2.95. The van der Waals surface area contributed by atoms with Gasteiger partial charge in [-0.1, -0.05) is 24.3 Å². The zero-order chi connectivity index (χ0) is 11.4. The molecule has 1 heterocycles.